The summed E-state index contributed by atoms with van der Waals surface area (Å²) < 4.78 is 109. The molecule has 1 amide bonds. The summed E-state index contributed by atoms with van der Waals surface area (Å²) >= 11 is 0. The van der Waals surface area contributed by atoms with Gasteiger partial charge in [0.2, 0.25) is 15.7 Å². The predicted molar refractivity (Wildman–Crippen MR) is 120 cm³/mol. The molecule has 1 fully saturated rings. The Morgan fingerprint density at radius 1 is 1.03 bits per heavy atom. The van der Waals surface area contributed by atoms with Crippen molar-refractivity contribution in [2.45, 2.75) is 35.3 Å². The third-order valence-corrected chi connectivity index (χ3v) is 7.75. The molecule has 2 N–H and O–H groups in total. The molecule has 6 nitrogen and oxygen atoms in total. The highest BCUT2D eigenvalue weighted by Gasteiger charge is 2.37. The van der Waals surface area contributed by atoms with Crippen LogP contribution in [0.25, 0.3) is 11.1 Å². The number of sulfone groups is 1. The molecule has 2 aromatic carbocycles. The first-order valence-corrected chi connectivity index (χ1v) is 12.5. The predicted octanol–water partition coefficient (Wildman–Crippen LogP) is 4.53. The van der Waals surface area contributed by atoms with Crippen molar-refractivity contribution in [2.24, 2.45) is 0 Å². The van der Waals surface area contributed by atoms with E-state index in [2.05, 4.69) is 15.6 Å². The minimum atomic E-state index is -4.73. The molecular formula is C24H19F6N3O3S. The van der Waals surface area contributed by atoms with Gasteiger partial charge in [-0.05, 0) is 67.4 Å². The van der Waals surface area contributed by atoms with Crippen molar-refractivity contribution in [3.05, 3.63) is 83.4 Å². The molecule has 1 saturated heterocycles. The number of aromatic nitrogens is 1. The molecule has 2 heterocycles. The van der Waals surface area contributed by atoms with Crippen LogP contribution in [0.5, 0.6) is 0 Å². The monoisotopic (exact) mass is 543 g/mol. The van der Waals surface area contributed by atoms with Gasteiger partial charge in [0.25, 0.3) is 0 Å². The quantitative estimate of drug-likeness (QED) is 0.353. The van der Waals surface area contributed by atoms with Crippen LogP contribution in [0.3, 0.4) is 0 Å². The first-order valence-electron chi connectivity index (χ1n) is 10.9. The number of pyridine rings is 1. The summed E-state index contributed by atoms with van der Waals surface area (Å²) in [6.45, 7) is 0.493. The molecule has 1 aliphatic rings. The second-order valence-electron chi connectivity index (χ2n) is 8.33. The fourth-order valence-corrected chi connectivity index (χ4v) is 5.49. The topological polar surface area (TPSA) is 88.2 Å². The minimum Gasteiger partial charge on any atom is -0.334 e. The van der Waals surface area contributed by atoms with Crippen molar-refractivity contribution in [2.75, 3.05) is 6.54 Å². The Kier molecular flexibility index (Phi) is 7.29. The number of nitrogens with one attached hydrogen (secondary N) is 2. The number of benzene rings is 2. The molecular weight excluding hydrogens is 524 g/mol. The van der Waals surface area contributed by atoms with E-state index in [0.717, 1.165) is 42.6 Å². The molecule has 2 atom stereocenters. The van der Waals surface area contributed by atoms with E-state index in [4.69, 9.17) is 0 Å². The lowest BCUT2D eigenvalue weighted by Crippen LogP contribution is -2.44. The molecule has 0 aliphatic carbocycles. The Bertz CT molecular complexity index is 1410. The highest BCUT2D eigenvalue weighted by molar-refractivity contribution is 7.91. The number of amides is 1. The fraction of sp³-hybridized carbons (Fsp3) is 0.250. The Labute approximate surface area is 207 Å². The SMILES string of the molecule is O=C(NC(c1cc(-c2ccc(C(F)(F)F)nc2)cc(F)c1F)S(=O)(=O)c1ccc(F)cc1)C1CCCN1. The molecule has 1 aliphatic heterocycles. The van der Waals surface area contributed by atoms with Gasteiger partial charge in [0.15, 0.2) is 17.0 Å². The van der Waals surface area contributed by atoms with Crippen LogP contribution in [0.1, 0.15) is 29.5 Å². The first kappa shape index (κ1) is 26.6. The highest BCUT2D eigenvalue weighted by Crippen LogP contribution is 2.34. The molecule has 1 aromatic heterocycles. The molecule has 0 spiro atoms. The second kappa shape index (κ2) is 10.1. The smallest absolute Gasteiger partial charge is 0.334 e. The molecule has 4 rings (SSSR count). The lowest BCUT2D eigenvalue weighted by molar-refractivity contribution is -0.141. The number of nitrogens with zero attached hydrogens (tertiary/aromatic N) is 1. The maximum atomic E-state index is 15.1. The van der Waals surface area contributed by atoms with Crippen LogP contribution < -0.4 is 10.6 Å². The minimum absolute atomic E-state index is 0.0603. The number of hydrogen-bond acceptors (Lipinski definition) is 5. The summed E-state index contributed by atoms with van der Waals surface area (Å²) in [4.78, 5) is 15.6. The molecule has 196 valence electrons. The summed E-state index contributed by atoms with van der Waals surface area (Å²) in [5.74, 6) is -4.61. The van der Waals surface area contributed by atoms with E-state index in [-0.39, 0.29) is 11.1 Å². The van der Waals surface area contributed by atoms with Gasteiger partial charge in [-0.3, -0.25) is 9.78 Å². The average molecular weight is 543 g/mol. The summed E-state index contributed by atoms with van der Waals surface area (Å²) in [5, 5.41) is 2.98. The van der Waals surface area contributed by atoms with E-state index < -0.39 is 66.9 Å². The van der Waals surface area contributed by atoms with Crippen molar-refractivity contribution in [3.8, 4) is 11.1 Å². The highest BCUT2D eigenvalue weighted by atomic mass is 32.2. The number of alkyl halides is 3. The van der Waals surface area contributed by atoms with E-state index in [1.807, 2.05) is 0 Å². The summed E-state index contributed by atoms with van der Waals surface area (Å²) in [6.07, 6.45) is -2.94. The van der Waals surface area contributed by atoms with E-state index in [9.17, 15) is 35.2 Å². The Morgan fingerprint density at radius 3 is 2.30 bits per heavy atom. The summed E-state index contributed by atoms with van der Waals surface area (Å²) in [7, 11) is -4.66. The van der Waals surface area contributed by atoms with Crippen molar-refractivity contribution in [3.63, 3.8) is 0 Å². The number of hydrogen-bond donors (Lipinski definition) is 2. The number of carbonyl (C=O) groups excluding carboxylic acids is 1. The molecule has 37 heavy (non-hydrogen) atoms. The first-order chi connectivity index (χ1) is 17.4. The lowest BCUT2D eigenvalue weighted by atomic mass is 10.0. The molecule has 13 heteroatoms. The van der Waals surface area contributed by atoms with Crippen molar-refractivity contribution in [1.82, 2.24) is 15.6 Å². The summed E-state index contributed by atoms with van der Waals surface area (Å²) in [6, 6.07) is 5.94. The van der Waals surface area contributed by atoms with Crippen molar-refractivity contribution >= 4 is 15.7 Å². The molecule has 3 aromatic rings. The van der Waals surface area contributed by atoms with E-state index >= 15 is 4.39 Å². The van der Waals surface area contributed by atoms with Crippen molar-refractivity contribution in [1.29, 1.82) is 0 Å². The van der Waals surface area contributed by atoms with Crippen LogP contribution in [-0.2, 0) is 20.8 Å². The lowest BCUT2D eigenvalue weighted by Gasteiger charge is -2.23. The Balaban J connectivity index is 1.82. The van der Waals surface area contributed by atoms with Gasteiger partial charge in [0, 0.05) is 17.3 Å². The van der Waals surface area contributed by atoms with Crippen LogP contribution in [0.4, 0.5) is 26.3 Å². The standard InChI is InChI=1S/C24H19F6N3O3S/c25-15-4-6-16(7-5-15)37(35,36)23(33-22(34)19-2-1-9-31-19)17-10-14(11-18(26)21(17)27)13-3-8-20(32-12-13)24(28,29)30/h3-8,10-12,19,23,31H,1-2,9H2,(H,33,34). The Morgan fingerprint density at radius 2 is 1.73 bits per heavy atom. The van der Waals surface area contributed by atoms with Crippen LogP contribution in [0.15, 0.2) is 59.6 Å². The van der Waals surface area contributed by atoms with Gasteiger partial charge in [-0.1, -0.05) is 6.07 Å². The van der Waals surface area contributed by atoms with Gasteiger partial charge < -0.3 is 10.6 Å². The van der Waals surface area contributed by atoms with Gasteiger partial charge in [-0.2, -0.15) is 13.2 Å². The van der Waals surface area contributed by atoms with Crippen LogP contribution in [-0.4, -0.2) is 31.9 Å². The maximum Gasteiger partial charge on any atom is 0.433 e. The number of halogens is 6. The molecule has 0 radical (unpaired) electrons. The second-order valence-corrected chi connectivity index (χ2v) is 10.4. The van der Waals surface area contributed by atoms with Gasteiger partial charge >= 0.3 is 6.18 Å². The van der Waals surface area contributed by atoms with Gasteiger partial charge in [0.1, 0.15) is 11.5 Å². The van der Waals surface area contributed by atoms with Gasteiger partial charge in [-0.15, -0.1) is 0 Å². The average Bonchev–Trinajstić information content (AvgIpc) is 3.39. The summed E-state index contributed by atoms with van der Waals surface area (Å²) in [5.41, 5.74) is -2.24. The van der Waals surface area contributed by atoms with E-state index in [1.165, 1.54) is 0 Å². The third kappa shape index (κ3) is 5.62. The fourth-order valence-electron chi connectivity index (χ4n) is 3.92. The zero-order valence-corrected chi connectivity index (χ0v) is 19.6. The zero-order valence-electron chi connectivity index (χ0n) is 18.8. The van der Waals surface area contributed by atoms with Gasteiger partial charge in [0.05, 0.1) is 10.9 Å². The number of rotatable bonds is 6. The maximum absolute atomic E-state index is 15.1. The van der Waals surface area contributed by atoms with Crippen LogP contribution in [0.2, 0.25) is 0 Å². The molecule has 2 unspecified atom stereocenters. The van der Waals surface area contributed by atoms with Gasteiger partial charge in [-0.25, -0.2) is 21.6 Å². The zero-order chi connectivity index (χ0) is 27.0. The van der Waals surface area contributed by atoms with E-state index in [0.29, 0.717) is 31.5 Å². The molecule has 0 saturated carbocycles. The largest absolute Gasteiger partial charge is 0.433 e. The van der Waals surface area contributed by atoms with Crippen molar-refractivity contribution < 1.29 is 39.6 Å². The van der Waals surface area contributed by atoms with Crippen LogP contribution in [0, 0.1) is 17.5 Å². The normalized spacial score (nSPS) is 17.0. The number of carbonyl (C=O) groups is 1. The third-order valence-electron chi connectivity index (χ3n) is 5.83. The molecule has 0 bridgehead atoms. The van der Waals surface area contributed by atoms with Crippen LogP contribution >= 0.6 is 0 Å². The van der Waals surface area contributed by atoms with E-state index in [1.54, 1.807) is 0 Å². The Hall–Kier alpha value is -3.45.